The maximum atomic E-state index is 11.5. The van der Waals surface area contributed by atoms with Crippen LogP contribution in [0.5, 0.6) is 0 Å². The summed E-state index contributed by atoms with van der Waals surface area (Å²) in [6.45, 7) is 2.83. The van der Waals surface area contributed by atoms with Crippen LogP contribution in [0.3, 0.4) is 0 Å². The fourth-order valence-corrected chi connectivity index (χ4v) is 1.61. The number of anilines is 1. The topological polar surface area (TPSA) is 53.5 Å². The molecule has 1 fully saturated rings. The molecular formula is C12H15N3O. The molecule has 2 N–H and O–H groups in total. The summed E-state index contributed by atoms with van der Waals surface area (Å²) in [6.07, 6.45) is 0.728. The highest BCUT2D eigenvalue weighted by Crippen LogP contribution is 2.09. The number of carbonyl (C=O) groups excluding carboxylic acids is 1. The van der Waals surface area contributed by atoms with Crippen LogP contribution < -0.4 is 10.7 Å². The zero-order valence-electron chi connectivity index (χ0n) is 9.23. The van der Waals surface area contributed by atoms with Gasteiger partial charge in [0.15, 0.2) is 0 Å². The molecular weight excluding hydrogens is 202 g/mol. The summed E-state index contributed by atoms with van der Waals surface area (Å²) in [7, 11) is 0. The molecule has 16 heavy (non-hydrogen) atoms. The number of carbonyl (C=O) groups is 1. The molecule has 0 aromatic heterocycles. The number of hydrazone groups is 1. The Labute approximate surface area is 94.7 Å². The SMILES string of the molecule is CC1CNC(=O)C(=NNc2ccccc2)C1. The van der Waals surface area contributed by atoms with Crippen LogP contribution in [-0.2, 0) is 4.79 Å². The minimum absolute atomic E-state index is 0.0680. The molecule has 2 rings (SSSR count). The van der Waals surface area contributed by atoms with E-state index < -0.39 is 0 Å². The van der Waals surface area contributed by atoms with Crippen LogP contribution >= 0.6 is 0 Å². The molecule has 0 saturated carbocycles. The summed E-state index contributed by atoms with van der Waals surface area (Å²) < 4.78 is 0. The van der Waals surface area contributed by atoms with Gasteiger partial charge in [-0.25, -0.2) is 0 Å². The van der Waals surface area contributed by atoms with Crippen LogP contribution in [0.2, 0.25) is 0 Å². The number of nitrogens with zero attached hydrogens (tertiary/aromatic N) is 1. The maximum Gasteiger partial charge on any atom is 0.267 e. The molecule has 1 aliphatic rings. The molecule has 4 heteroatoms. The highest BCUT2D eigenvalue weighted by molar-refractivity contribution is 6.39. The number of nitrogens with one attached hydrogen (secondary N) is 2. The first kappa shape index (κ1) is 10.7. The lowest BCUT2D eigenvalue weighted by molar-refractivity contribution is -0.115. The van der Waals surface area contributed by atoms with Gasteiger partial charge >= 0.3 is 0 Å². The molecule has 1 amide bonds. The second-order valence-electron chi connectivity index (χ2n) is 4.06. The average molecular weight is 217 g/mol. The molecule has 0 radical (unpaired) electrons. The van der Waals surface area contributed by atoms with E-state index in [4.69, 9.17) is 0 Å². The first-order chi connectivity index (χ1) is 7.75. The minimum Gasteiger partial charge on any atom is -0.351 e. The van der Waals surface area contributed by atoms with E-state index in [0.29, 0.717) is 11.6 Å². The summed E-state index contributed by atoms with van der Waals surface area (Å²) in [6, 6.07) is 9.61. The second-order valence-corrected chi connectivity index (χ2v) is 4.06. The van der Waals surface area contributed by atoms with Gasteiger partial charge in [-0.2, -0.15) is 5.10 Å². The van der Waals surface area contributed by atoms with Gasteiger partial charge in [-0.15, -0.1) is 0 Å². The molecule has 1 unspecified atom stereocenters. The fraction of sp³-hybridized carbons (Fsp3) is 0.333. The largest absolute Gasteiger partial charge is 0.351 e. The van der Waals surface area contributed by atoms with Gasteiger partial charge in [-0.1, -0.05) is 25.1 Å². The number of hydrogen-bond acceptors (Lipinski definition) is 3. The van der Waals surface area contributed by atoms with Crippen molar-refractivity contribution in [1.82, 2.24) is 5.32 Å². The lowest BCUT2D eigenvalue weighted by Crippen LogP contribution is -2.41. The van der Waals surface area contributed by atoms with Crippen LogP contribution in [0.1, 0.15) is 13.3 Å². The maximum absolute atomic E-state index is 11.5. The van der Waals surface area contributed by atoms with Gasteiger partial charge in [0.2, 0.25) is 0 Å². The Balaban J connectivity index is 2.03. The summed E-state index contributed by atoms with van der Waals surface area (Å²) in [5.74, 6) is 0.385. The molecule has 84 valence electrons. The van der Waals surface area contributed by atoms with Crippen molar-refractivity contribution in [3.8, 4) is 0 Å². The number of para-hydroxylation sites is 1. The van der Waals surface area contributed by atoms with Crippen molar-refractivity contribution in [2.24, 2.45) is 11.0 Å². The van der Waals surface area contributed by atoms with Crippen LogP contribution in [-0.4, -0.2) is 18.2 Å². The van der Waals surface area contributed by atoms with Gasteiger partial charge in [0.05, 0.1) is 5.69 Å². The Morgan fingerprint density at radius 3 is 2.88 bits per heavy atom. The van der Waals surface area contributed by atoms with Gasteiger partial charge in [-0.3, -0.25) is 10.2 Å². The van der Waals surface area contributed by atoms with E-state index in [-0.39, 0.29) is 5.91 Å². The van der Waals surface area contributed by atoms with Crippen molar-refractivity contribution in [2.75, 3.05) is 12.0 Å². The third-order valence-corrected chi connectivity index (χ3v) is 2.51. The van der Waals surface area contributed by atoms with E-state index in [9.17, 15) is 4.79 Å². The van der Waals surface area contributed by atoms with Crippen molar-refractivity contribution in [2.45, 2.75) is 13.3 Å². The van der Waals surface area contributed by atoms with Crippen LogP contribution in [0.4, 0.5) is 5.69 Å². The lowest BCUT2D eigenvalue weighted by Gasteiger charge is -2.19. The van der Waals surface area contributed by atoms with Crippen molar-refractivity contribution in [1.29, 1.82) is 0 Å². The van der Waals surface area contributed by atoms with Crippen LogP contribution in [0, 0.1) is 5.92 Å². The van der Waals surface area contributed by atoms with Crippen molar-refractivity contribution >= 4 is 17.3 Å². The van der Waals surface area contributed by atoms with E-state index in [1.54, 1.807) is 0 Å². The molecule has 0 bridgehead atoms. The lowest BCUT2D eigenvalue weighted by atomic mass is 10.00. The van der Waals surface area contributed by atoms with E-state index in [1.807, 2.05) is 30.3 Å². The van der Waals surface area contributed by atoms with Gasteiger partial charge < -0.3 is 5.32 Å². The minimum atomic E-state index is -0.0680. The van der Waals surface area contributed by atoms with E-state index >= 15 is 0 Å². The number of hydrogen-bond donors (Lipinski definition) is 2. The predicted molar refractivity (Wildman–Crippen MR) is 64.3 cm³/mol. The fourth-order valence-electron chi connectivity index (χ4n) is 1.61. The highest BCUT2D eigenvalue weighted by Gasteiger charge is 2.21. The monoisotopic (exact) mass is 217 g/mol. The Morgan fingerprint density at radius 1 is 1.38 bits per heavy atom. The van der Waals surface area contributed by atoms with Crippen LogP contribution in [0.25, 0.3) is 0 Å². The second kappa shape index (κ2) is 4.79. The number of amides is 1. The molecule has 0 spiro atoms. The molecule has 1 saturated heterocycles. The van der Waals surface area contributed by atoms with Crippen LogP contribution in [0.15, 0.2) is 35.4 Å². The Hall–Kier alpha value is -1.84. The smallest absolute Gasteiger partial charge is 0.267 e. The summed E-state index contributed by atoms with van der Waals surface area (Å²) >= 11 is 0. The molecule has 1 atom stereocenters. The zero-order valence-corrected chi connectivity index (χ0v) is 9.23. The van der Waals surface area contributed by atoms with E-state index in [0.717, 1.165) is 18.7 Å². The number of piperidine rings is 1. The van der Waals surface area contributed by atoms with E-state index in [1.165, 1.54) is 0 Å². The first-order valence-electron chi connectivity index (χ1n) is 5.41. The average Bonchev–Trinajstić information content (AvgIpc) is 2.32. The highest BCUT2D eigenvalue weighted by atomic mass is 16.2. The zero-order chi connectivity index (χ0) is 11.4. The summed E-state index contributed by atoms with van der Waals surface area (Å²) in [5, 5.41) is 6.95. The molecule has 1 heterocycles. The number of rotatable bonds is 2. The Kier molecular flexibility index (Phi) is 3.19. The van der Waals surface area contributed by atoms with E-state index in [2.05, 4.69) is 22.8 Å². The molecule has 0 aliphatic carbocycles. The third-order valence-electron chi connectivity index (χ3n) is 2.51. The molecule has 1 aromatic carbocycles. The molecule has 1 aliphatic heterocycles. The summed E-state index contributed by atoms with van der Waals surface area (Å²) in [4.78, 5) is 11.5. The van der Waals surface area contributed by atoms with Crippen molar-refractivity contribution in [3.05, 3.63) is 30.3 Å². The molecule has 4 nitrogen and oxygen atoms in total. The Morgan fingerprint density at radius 2 is 2.12 bits per heavy atom. The standard InChI is InChI=1S/C12H15N3O/c1-9-7-11(12(16)13-8-9)15-14-10-5-3-2-4-6-10/h2-6,9,14H,7-8H2,1H3,(H,13,16). The first-order valence-corrected chi connectivity index (χ1v) is 5.41. The normalized spacial score (nSPS) is 22.9. The van der Waals surface area contributed by atoms with Crippen molar-refractivity contribution in [3.63, 3.8) is 0 Å². The van der Waals surface area contributed by atoms with Gasteiger partial charge in [-0.05, 0) is 18.1 Å². The predicted octanol–water partition coefficient (Wildman–Crippen LogP) is 1.61. The number of benzene rings is 1. The summed E-state index contributed by atoms with van der Waals surface area (Å²) in [5.41, 5.74) is 4.35. The van der Waals surface area contributed by atoms with Gasteiger partial charge in [0, 0.05) is 13.0 Å². The Bertz CT molecular complexity index is 400. The third kappa shape index (κ3) is 2.59. The van der Waals surface area contributed by atoms with Gasteiger partial charge in [0.1, 0.15) is 5.71 Å². The van der Waals surface area contributed by atoms with Crippen molar-refractivity contribution < 1.29 is 4.79 Å². The molecule has 1 aromatic rings. The quantitative estimate of drug-likeness (QED) is 0.739. The van der Waals surface area contributed by atoms with Gasteiger partial charge in [0.25, 0.3) is 5.91 Å².